The first-order valence-corrected chi connectivity index (χ1v) is 6.89. The Bertz CT molecular complexity index is 570. The number of ether oxygens (including phenoxy) is 1. The lowest BCUT2D eigenvalue weighted by Gasteiger charge is -2.33. The van der Waals surface area contributed by atoms with Crippen LogP contribution in [0.1, 0.15) is 19.8 Å². The largest absolute Gasteiger partial charge is 0.377 e. The molecule has 3 rings (SSSR count). The molecule has 0 saturated carbocycles. The van der Waals surface area contributed by atoms with Gasteiger partial charge in [-0.15, -0.1) is 0 Å². The zero-order valence-corrected chi connectivity index (χ0v) is 11.5. The Labute approximate surface area is 116 Å². The summed E-state index contributed by atoms with van der Waals surface area (Å²) < 4.78 is 5.71. The van der Waals surface area contributed by atoms with Crippen molar-refractivity contribution in [2.24, 2.45) is 0 Å². The third kappa shape index (κ3) is 2.50. The van der Waals surface area contributed by atoms with E-state index in [-0.39, 0.29) is 11.4 Å². The summed E-state index contributed by atoms with van der Waals surface area (Å²) in [7, 11) is 0. The van der Waals surface area contributed by atoms with Gasteiger partial charge in [-0.25, -0.2) is 4.98 Å². The van der Waals surface area contributed by atoms with Gasteiger partial charge >= 0.3 is 0 Å². The number of hydrogen-bond acceptors (Lipinski definition) is 5. The molecule has 0 aromatic carbocycles. The first kappa shape index (κ1) is 12.6. The zero-order valence-electron chi connectivity index (χ0n) is 10.8. The summed E-state index contributed by atoms with van der Waals surface area (Å²) in [5, 5.41) is 0.230. The van der Waals surface area contributed by atoms with Crippen LogP contribution in [-0.4, -0.2) is 45.7 Å². The van der Waals surface area contributed by atoms with Crippen LogP contribution in [0.2, 0.25) is 5.28 Å². The van der Waals surface area contributed by atoms with Gasteiger partial charge < -0.3 is 14.6 Å². The van der Waals surface area contributed by atoms with Gasteiger partial charge in [0.25, 0.3) is 0 Å². The van der Waals surface area contributed by atoms with Crippen LogP contribution >= 0.6 is 11.6 Å². The van der Waals surface area contributed by atoms with E-state index < -0.39 is 0 Å². The maximum atomic E-state index is 5.96. The Balaban J connectivity index is 1.92. The lowest BCUT2D eigenvalue weighted by atomic mass is 10.1. The van der Waals surface area contributed by atoms with Crippen molar-refractivity contribution in [2.75, 3.05) is 24.6 Å². The summed E-state index contributed by atoms with van der Waals surface area (Å²) in [6.07, 6.45) is 4.05. The Hall–Kier alpha value is -1.40. The van der Waals surface area contributed by atoms with Crippen LogP contribution in [0.3, 0.4) is 0 Å². The number of piperidine rings is 1. The molecule has 6 nitrogen and oxygen atoms in total. The molecule has 1 N–H and O–H groups in total. The fourth-order valence-electron chi connectivity index (χ4n) is 2.52. The van der Waals surface area contributed by atoms with Crippen LogP contribution in [-0.2, 0) is 4.74 Å². The van der Waals surface area contributed by atoms with Crippen molar-refractivity contribution in [1.82, 2.24) is 19.9 Å². The third-order valence-corrected chi connectivity index (χ3v) is 3.49. The van der Waals surface area contributed by atoms with Crippen molar-refractivity contribution in [3.05, 3.63) is 11.6 Å². The Morgan fingerprint density at radius 3 is 3.26 bits per heavy atom. The average molecular weight is 282 g/mol. The zero-order chi connectivity index (χ0) is 13.2. The SMILES string of the molecule is CCOC1CCCN(c2nc(Cl)nc3nc[nH]c23)C1. The van der Waals surface area contributed by atoms with Gasteiger partial charge in [-0.3, -0.25) is 0 Å². The minimum atomic E-state index is 0.230. The van der Waals surface area contributed by atoms with Crippen LogP contribution in [0.5, 0.6) is 0 Å². The number of imidazole rings is 1. The first-order chi connectivity index (χ1) is 9.28. The number of nitrogens with zero attached hydrogens (tertiary/aromatic N) is 4. The van der Waals surface area contributed by atoms with Gasteiger partial charge in [0.05, 0.1) is 12.4 Å². The maximum absolute atomic E-state index is 5.96. The lowest BCUT2D eigenvalue weighted by Crippen LogP contribution is -2.40. The molecule has 0 bridgehead atoms. The molecule has 2 aromatic rings. The van der Waals surface area contributed by atoms with Crippen molar-refractivity contribution in [2.45, 2.75) is 25.9 Å². The van der Waals surface area contributed by atoms with Gasteiger partial charge in [0, 0.05) is 19.7 Å². The molecule has 0 spiro atoms. The summed E-state index contributed by atoms with van der Waals surface area (Å²) in [6.45, 7) is 4.54. The average Bonchev–Trinajstić information content (AvgIpc) is 2.86. The van der Waals surface area contributed by atoms with Gasteiger partial charge in [0.1, 0.15) is 5.52 Å². The number of rotatable bonds is 3. The standard InChI is InChI=1S/C12H16ClN5O/c1-2-19-8-4-3-5-18(6-8)11-9-10(15-7-14-9)16-12(13)17-11/h7-8H,2-6H2,1H3,(H,14,15,16,17). The highest BCUT2D eigenvalue weighted by Crippen LogP contribution is 2.26. The van der Waals surface area contributed by atoms with E-state index in [1.54, 1.807) is 6.33 Å². The lowest BCUT2D eigenvalue weighted by molar-refractivity contribution is 0.0525. The number of aromatic amines is 1. The molecule has 1 aliphatic heterocycles. The summed E-state index contributed by atoms with van der Waals surface area (Å²) >= 11 is 5.96. The smallest absolute Gasteiger partial charge is 0.226 e. The van der Waals surface area contributed by atoms with Crippen molar-refractivity contribution in [3.63, 3.8) is 0 Å². The molecular formula is C12H16ClN5O. The highest BCUT2D eigenvalue weighted by Gasteiger charge is 2.23. The predicted molar refractivity (Wildman–Crippen MR) is 73.6 cm³/mol. The minimum absolute atomic E-state index is 0.230. The highest BCUT2D eigenvalue weighted by atomic mass is 35.5. The fraction of sp³-hybridized carbons (Fsp3) is 0.583. The Morgan fingerprint density at radius 1 is 1.53 bits per heavy atom. The van der Waals surface area contributed by atoms with Gasteiger partial charge in [0.15, 0.2) is 11.5 Å². The summed E-state index contributed by atoms with van der Waals surface area (Å²) in [6, 6.07) is 0. The summed E-state index contributed by atoms with van der Waals surface area (Å²) in [5.41, 5.74) is 1.44. The number of hydrogen-bond donors (Lipinski definition) is 1. The Kier molecular flexibility index (Phi) is 3.52. The van der Waals surface area contributed by atoms with E-state index in [1.807, 2.05) is 6.92 Å². The quantitative estimate of drug-likeness (QED) is 0.872. The van der Waals surface area contributed by atoms with Crippen LogP contribution in [0.15, 0.2) is 6.33 Å². The third-order valence-electron chi connectivity index (χ3n) is 3.32. The van der Waals surface area contributed by atoms with Gasteiger partial charge in [-0.1, -0.05) is 0 Å². The van der Waals surface area contributed by atoms with E-state index >= 15 is 0 Å². The molecule has 1 fully saturated rings. The minimum Gasteiger partial charge on any atom is -0.377 e. The van der Waals surface area contributed by atoms with E-state index in [1.165, 1.54) is 0 Å². The van der Waals surface area contributed by atoms with Gasteiger partial charge in [0.2, 0.25) is 5.28 Å². The molecule has 7 heteroatoms. The Morgan fingerprint density at radius 2 is 2.42 bits per heavy atom. The first-order valence-electron chi connectivity index (χ1n) is 6.51. The second-order valence-corrected chi connectivity index (χ2v) is 4.92. The second-order valence-electron chi connectivity index (χ2n) is 4.58. The summed E-state index contributed by atoms with van der Waals surface area (Å²) in [5.74, 6) is 0.817. The molecule has 1 aliphatic rings. The number of nitrogens with one attached hydrogen (secondary N) is 1. The molecule has 0 amide bonds. The molecule has 0 radical (unpaired) electrons. The highest BCUT2D eigenvalue weighted by molar-refractivity contribution is 6.28. The van der Waals surface area contributed by atoms with Gasteiger partial charge in [-0.05, 0) is 31.4 Å². The molecule has 102 valence electrons. The van der Waals surface area contributed by atoms with Crippen molar-refractivity contribution >= 4 is 28.6 Å². The number of aromatic nitrogens is 4. The number of halogens is 1. The van der Waals surface area contributed by atoms with E-state index in [4.69, 9.17) is 16.3 Å². The van der Waals surface area contributed by atoms with Crippen LogP contribution in [0.25, 0.3) is 11.2 Å². The van der Waals surface area contributed by atoms with Crippen LogP contribution in [0.4, 0.5) is 5.82 Å². The maximum Gasteiger partial charge on any atom is 0.226 e. The van der Waals surface area contributed by atoms with E-state index in [2.05, 4.69) is 24.8 Å². The van der Waals surface area contributed by atoms with E-state index in [0.717, 1.165) is 43.9 Å². The monoisotopic (exact) mass is 281 g/mol. The predicted octanol–water partition coefficient (Wildman–Crippen LogP) is 2.01. The molecule has 1 unspecified atom stereocenters. The van der Waals surface area contributed by atoms with Crippen molar-refractivity contribution in [3.8, 4) is 0 Å². The number of fused-ring (bicyclic) bond motifs is 1. The fourth-order valence-corrected chi connectivity index (χ4v) is 2.68. The van der Waals surface area contributed by atoms with Crippen molar-refractivity contribution in [1.29, 1.82) is 0 Å². The van der Waals surface area contributed by atoms with Crippen LogP contribution < -0.4 is 4.90 Å². The molecule has 1 saturated heterocycles. The number of anilines is 1. The summed E-state index contributed by atoms with van der Waals surface area (Å²) in [4.78, 5) is 17.9. The topological polar surface area (TPSA) is 66.9 Å². The van der Waals surface area contributed by atoms with E-state index in [0.29, 0.717) is 5.65 Å². The molecule has 1 atom stereocenters. The molecule has 3 heterocycles. The van der Waals surface area contributed by atoms with Crippen molar-refractivity contribution < 1.29 is 4.74 Å². The van der Waals surface area contributed by atoms with E-state index in [9.17, 15) is 0 Å². The molecule has 0 aliphatic carbocycles. The molecular weight excluding hydrogens is 266 g/mol. The normalized spacial score (nSPS) is 20.1. The molecule has 2 aromatic heterocycles. The second kappa shape index (κ2) is 5.30. The molecule has 19 heavy (non-hydrogen) atoms. The van der Waals surface area contributed by atoms with Crippen LogP contribution in [0, 0.1) is 0 Å². The number of H-pyrrole nitrogens is 1. The van der Waals surface area contributed by atoms with Gasteiger partial charge in [-0.2, -0.15) is 9.97 Å².